The first-order valence-electron chi connectivity index (χ1n) is 6.50. The van der Waals surface area contributed by atoms with Gasteiger partial charge in [0, 0.05) is 5.56 Å². The summed E-state index contributed by atoms with van der Waals surface area (Å²) in [6.07, 6.45) is 3.42. The fraction of sp³-hybridized carbons (Fsp3) is 0.500. The lowest BCUT2D eigenvalue weighted by atomic mass is 9.84. The van der Waals surface area contributed by atoms with Crippen molar-refractivity contribution in [1.82, 2.24) is 0 Å². The normalized spacial score (nSPS) is 30.5. The molecule has 18 heavy (non-hydrogen) atoms. The Labute approximate surface area is 106 Å². The van der Waals surface area contributed by atoms with Crippen LogP contribution >= 0.6 is 0 Å². The fourth-order valence-electron chi connectivity index (χ4n) is 2.76. The predicted octanol–water partition coefficient (Wildman–Crippen LogP) is 1.66. The van der Waals surface area contributed by atoms with Gasteiger partial charge in [-0.3, -0.25) is 0 Å². The molecule has 4 heteroatoms. The van der Waals surface area contributed by atoms with Crippen LogP contribution in [0.4, 0.5) is 0 Å². The highest BCUT2D eigenvalue weighted by Gasteiger charge is 2.36. The SMILES string of the molecule is NCC1CCC2OC(c3ccc(O)cc3)=NC2C1. The summed E-state index contributed by atoms with van der Waals surface area (Å²) in [5.74, 6) is 1.55. The van der Waals surface area contributed by atoms with Crippen molar-refractivity contribution < 1.29 is 9.84 Å². The van der Waals surface area contributed by atoms with Gasteiger partial charge in [-0.2, -0.15) is 0 Å². The molecular weight excluding hydrogens is 228 g/mol. The molecule has 1 aromatic carbocycles. The smallest absolute Gasteiger partial charge is 0.216 e. The molecule has 0 amide bonds. The number of hydrogen-bond acceptors (Lipinski definition) is 4. The van der Waals surface area contributed by atoms with Gasteiger partial charge in [-0.25, -0.2) is 4.99 Å². The topological polar surface area (TPSA) is 67.8 Å². The second-order valence-corrected chi connectivity index (χ2v) is 5.12. The maximum absolute atomic E-state index is 9.28. The highest BCUT2D eigenvalue weighted by molar-refractivity contribution is 5.95. The molecule has 0 saturated heterocycles. The second kappa shape index (κ2) is 4.61. The van der Waals surface area contributed by atoms with Crippen molar-refractivity contribution in [2.75, 3.05) is 6.54 Å². The van der Waals surface area contributed by atoms with E-state index < -0.39 is 0 Å². The van der Waals surface area contributed by atoms with Crippen molar-refractivity contribution in [2.24, 2.45) is 16.6 Å². The largest absolute Gasteiger partial charge is 0.508 e. The van der Waals surface area contributed by atoms with Crippen LogP contribution in [0.5, 0.6) is 5.75 Å². The number of phenols is 1. The Bertz CT molecular complexity index is 455. The maximum Gasteiger partial charge on any atom is 0.216 e. The highest BCUT2D eigenvalue weighted by atomic mass is 16.5. The number of rotatable bonds is 2. The van der Waals surface area contributed by atoms with Gasteiger partial charge in [-0.15, -0.1) is 0 Å². The Morgan fingerprint density at radius 3 is 2.78 bits per heavy atom. The first-order valence-corrected chi connectivity index (χ1v) is 6.50. The summed E-state index contributed by atoms with van der Waals surface area (Å²) < 4.78 is 5.91. The third kappa shape index (κ3) is 2.08. The minimum absolute atomic E-state index is 0.219. The summed E-state index contributed by atoms with van der Waals surface area (Å²) in [5, 5.41) is 9.28. The molecule has 0 spiro atoms. The summed E-state index contributed by atoms with van der Waals surface area (Å²) in [7, 11) is 0. The third-order valence-corrected chi connectivity index (χ3v) is 3.86. The Hall–Kier alpha value is -1.55. The number of nitrogens with zero attached hydrogens (tertiary/aromatic N) is 1. The van der Waals surface area contributed by atoms with Gasteiger partial charge in [0.15, 0.2) is 0 Å². The number of nitrogens with two attached hydrogens (primary N) is 1. The number of ether oxygens (including phenoxy) is 1. The minimum atomic E-state index is 0.219. The van der Waals surface area contributed by atoms with Crippen LogP contribution in [0.1, 0.15) is 24.8 Å². The summed E-state index contributed by atoms with van der Waals surface area (Å²) in [5.41, 5.74) is 6.67. The molecule has 1 aliphatic heterocycles. The molecule has 0 radical (unpaired) electrons. The molecule has 3 N–H and O–H groups in total. The highest BCUT2D eigenvalue weighted by Crippen LogP contribution is 2.33. The van der Waals surface area contributed by atoms with Crippen LogP contribution < -0.4 is 5.73 Å². The molecule has 0 aromatic heterocycles. The molecular formula is C14H18N2O2. The summed E-state index contributed by atoms with van der Waals surface area (Å²) >= 11 is 0. The van der Waals surface area contributed by atoms with E-state index in [0.717, 1.165) is 31.4 Å². The number of phenolic OH excluding ortho intramolecular Hbond substituents is 1. The van der Waals surface area contributed by atoms with Crippen LogP contribution in [0.2, 0.25) is 0 Å². The first-order chi connectivity index (χ1) is 8.76. The zero-order chi connectivity index (χ0) is 12.5. The number of aliphatic imine (C=N–C) groups is 1. The van der Waals surface area contributed by atoms with E-state index in [0.29, 0.717) is 11.8 Å². The Morgan fingerprint density at radius 1 is 1.28 bits per heavy atom. The van der Waals surface area contributed by atoms with Gasteiger partial charge in [0.25, 0.3) is 0 Å². The lowest BCUT2D eigenvalue weighted by Gasteiger charge is -2.28. The van der Waals surface area contributed by atoms with Crippen molar-refractivity contribution in [3.63, 3.8) is 0 Å². The molecule has 1 heterocycles. The zero-order valence-electron chi connectivity index (χ0n) is 10.2. The summed E-state index contributed by atoms with van der Waals surface area (Å²) in [6.45, 7) is 0.743. The van der Waals surface area contributed by atoms with E-state index in [2.05, 4.69) is 4.99 Å². The van der Waals surface area contributed by atoms with Crippen molar-refractivity contribution in [3.05, 3.63) is 29.8 Å². The summed E-state index contributed by atoms with van der Waals surface area (Å²) in [4.78, 5) is 4.67. The monoisotopic (exact) mass is 246 g/mol. The van der Waals surface area contributed by atoms with E-state index in [9.17, 15) is 5.11 Å². The van der Waals surface area contributed by atoms with E-state index in [4.69, 9.17) is 10.5 Å². The standard InChI is InChI=1S/C14H18N2O2/c15-8-9-1-6-13-12(7-9)16-14(18-13)10-2-4-11(17)5-3-10/h2-5,9,12-13,17H,1,6-8,15H2. The quantitative estimate of drug-likeness (QED) is 0.834. The van der Waals surface area contributed by atoms with Crippen molar-refractivity contribution in [3.8, 4) is 5.75 Å². The van der Waals surface area contributed by atoms with Gasteiger partial charge in [0.1, 0.15) is 11.9 Å². The van der Waals surface area contributed by atoms with Crippen LogP contribution in [-0.2, 0) is 4.74 Å². The lowest BCUT2D eigenvalue weighted by Crippen LogP contribution is -2.33. The molecule has 96 valence electrons. The Balaban J connectivity index is 1.77. The van der Waals surface area contributed by atoms with E-state index in [1.54, 1.807) is 12.1 Å². The second-order valence-electron chi connectivity index (χ2n) is 5.12. The average Bonchev–Trinajstić information content (AvgIpc) is 2.82. The van der Waals surface area contributed by atoms with Crippen LogP contribution in [0, 0.1) is 5.92 Å². The fourth-order valence-corrected chi connectivity index (χ4v) is 2.76. The minimum Gasteiger partial charge on any atom is -0.508 e. The molecule has 3 rings (SSSR count). The number of hydrogen-bond donors (Lipinski definition) is 2. The van der Waals surface area contributed by atoms with Crippen LogP contribution in [0.15, 0.2) is 29.3 Å². The number of benzene rings is 1. The van der Waals surface area contributed by atoms with Gasteiger partial charge in [0.2, 0.25) is 5.90 Å². The van der Waals surface area contributed by atoms with Gasteiger partial charge >= 0.3 is 0 Å². The zero-order valence-corrected chi connectivity index (χ0v) is 10.2. The molecule has 1 saturated carbocycles. The van der Waals surface area contributed by atoms with E-state index in [-0.39, 0.29) is 17.9 Å². The molecule has 3 unspecified atom stereocenters. The van der Waals surface area contributed by atoms with Crippen LogP contribution in [-0.4, -0.2) is 29.7 Å². The molecule has 1 aromatic rings. The molecule has 0 bridgehead atoms. The molecule has 2 aliphatic rings. The summed E-state index contributed by atoms with van der Waals surface area (Å²) in [6, 6.07) is 7.26. The number of fused-ring (bicyclic) bond motifs is 1. The van der Waals surface area contributed by atoms with Gasteiger partial charge in [0.05, 0.1) is 6.04 Å². The first kappa shape index (κ1) is 11.5. The van der Waals surface area contributed by atoms with Crippen molar-refractivity contribution >= 4 is 5.90 Å². The Kier molecular flexibility index (Phi) is 2.96. The van der Waals surface area contributed by atoms with Gasteiger partial charge in [-0.1, -0.05) is 0 Å². The third-order valence-electron chi connectivity index (χ3n) is 3.86. The van der Waals surface area contributed by atoms with E-state index in [1.807, 2.05) is 12.1 Å². The number of aromatic hydroxyl groups is 1. The van der Waals surface area contributed by atoms with E-state index in [1.165, 1.54) is 0 Å². The predicted molar refractivity (Wildman–Crippen MR) is 69.7 cm³/mol. The molecule has 1 aliphatic carbocycles. The molecule has 4 nitrogen and oxygen atoms in total. The van der Waals surface area contributed by atoms with Crippen molar-refractivity contribution in [1.29, 1.82) is 0 Å². The average molecular weight is 246 g/mol. The van der Waals surface area contributed by atoms with Crippen molar-refractivity contribution in [2.45, 2.75) is 31.4 Å². The molecule has 1 fully saturated rings. The van der Waals surface area contributed by atoms with Gasteiger partial charge < -0.3 is 15.6 Å². The van der Waals surface area contributed by atoms with Gasteiger partial charge in [-0.05, 0) is 56.0 Å². The van der Waals surface area contributed by atoms with Crippen LogP contribution in [0.25, 0.3) is 0 Å². The lowest BCUT2D eigenvalue weighted by molar-refractivity contribution is 0.130. The van der Waals surface area contributed by atoms with E-state index >= 15 is 0 Å². The Morgan fingerprint density at radius 2 is 2.06 bits per heavy atom. The maximum atomic E-state index is 9.28. The molecule has 3 atom stereocenters. The van der Waals surface area contributed by atoms with Crippen LogP contribution in [0.3, 0.4) is 0 Å².